The SMILES string of the molecule is Cn1cc(CCNc2nc3c(Br)cccn3n2)cn1. The molecule has 0 radical (unpaired) electrons. The maximum Gasteiger partial charge on any atom is 0.243 e. The minimum atomic E-state index is 0.635. The van der Waals surface area contributed by atoms with Crippen LogP contribution in [-0.2, 0) is 13.5 Å². The Morgan fingerprint density at radius 3 is 3.05 bits per heavy atom. The predicted octanol–water partition coefficient (Wildman–Crippen LogP) is 1.88. The van der Waals surface area contributed by atoms with Crippen molar-refractivity contribution in [2.45, 2.75) is 6.42 Å². The van der Waals surface area contributed by atoms with Crippen LogP contribution < -0.4 is 5.32 Å². The Hall–Kier alpha value is -1.89. The van der Waals surface area contributed by atoms with Gasteiger partial charge in [0.25, 0.3) is 0 Å². The van der Waals surface area contributed by atoms with Crippen LogP contribution in [0.4, 0.5) is 5.95 Å². The van der Waals surface area contributed by atoms with E-state index in [9.17, 15) is 0 Å². The third kappa shape index (κ3) is 2.60. The average molecular weight is 321 g/mol. The Balaban J connectivity index is 1.67. The summed E-state index contributed by atoms with van der Waals surface area (Å²) < 4.78 is 4.48. The molecule has 0 saturated heterocycles. The summed E-state index contributed by atoms with van der Waals surface area (Å²) in [6, 6.07) is 3.87. The molecule has 3 rings (SSSR count). The number of fused-ring (bicyclic) bond motifs is 1. The van der Waals surface area contributed by atoms with E-state index in [0.717, 1.165) is 23.1 Å². The summed E-state index contributed by atoms with van der Waals surface area (Å²) >= 11 is 3.46. The van der Waals surface area contributed by atoms with Gasteiger partial charge in [-0.05, 0) is 40.0 Å². The first kappa shape index (κ1) is 12.2. The van der Waals surface area contributed by atoms with Gasteiger partial charge in [-0.15, -0.1) is 5.10 Å². The molecule has 0 aliphatic carbocycles. The van der Waals surface area contributed by atoms with E-state index >= 15 is 0 Å². The molecule has 0 bridgehead atoms. The summed E-state index contributed by atoms with van der Waals surface area (Å²) in [5.74, 6) is 0.635. The van der Waals surface area contributed by atoms with Crippen LogP contribution >= 0.6 is 15.9 Å². The molecule has 1 N–H and O–H groups in total. The highest BCUT2D eigenvalue weighted by atomic mass is 79.9. The number of nitrogens with zero attached hydrogens (tertiary/aromatic N) is 5. The monoisotopic (exact) mass is 320 g/mol. The number of aryl methyl sites for hydroxylation is 1. The molecular formula is C12H13BrN6. The molecule has 0 amide bonds. The third-order valence-electron chi connectivity index (χ3n) is 2.77. The molecule has 98 valence electrons. The van der Waals surface area contributed by atoms with Gasteiger partial charge in [0.2, 0.25) is 5.95 Å². The van der Waals surface area contributed by atoms with Crippen molar-refractivity contribution in [2.75, 3.05) is 11.9 Å². The Morgan fingerprint density at radius 2 is 2.32 bits per heavy atom. The second-order valence-electron chi connectivity index (χ2n) is 4.26. The number of aromatic nitrogens is 5. The highest BCUT2D eigenvalue weighted by Gasteiger charge is 2.05. The van der Waals surface area contributed by atoms with Crippen molar-refractivity contribution in [1.82, 2.24) is 24.4 Å². The van der Waals surface area contributed by atoms with E-state index in [1.165, 1.54) is 5.56 Å². The molecule has 3 aromatic heterocycles. The Bertz CT molecular complexity index is 701. The zero-order valence-corrected chi connectivity index (χ0v) is 12.0. The number of pyridine rings is 1. The molecule has 0 spiro atoms. The fraction of sp³-hybridized carbons (Fsp3) is 0.250. The summed E-state index contributed by atoms with van der Waals surface area (Å²) in [4.78, 5) is 4.42. The lowest BCUT2D eigenvalue weighted by atomic mass is 10.2. The molecule has 0 fully saturated rings. The van der Waals surface area contributed by atoms with Crippen LogP contribution in [0.25, 0.3) is 5.65 Å². The number of hydrogen-bond acceptors (Lipinski definition) is 4. The van der Waals surface area contributed by atoms with Gasteiger partial charge in [-0.25, -0.2) is 4.52 Å². The predicted molar refractivity (Wildman–Crippen MR) is 76.1 cm³/mol. The van der Waals surface area contributed by atoms with Gasteiger partial charge in [-0.2, -0.15) is 10.1 Å². The topological polar surface area (TPSA) is 60.0 Å². The van der Waals surface area contributed by atoms with E-state index in [0.29, 0.717) is 5.95 Å². The van der Waals surface area contributed by atoms with Crippen LogP contribution in [0.5, 0.6) is 0 Å². The number of rotatable bonds is 4. The second-order valence-corrected chi connectivity index (χ2v) is 5.11. The highest BCUT2D eigenvalue weighted by molar-refractivity contribution is 9.10. The van der Waals surface area contributed by atoms with Crippen LogP contribution in [0.15, 0.2) is 35.2 Å². The molecule has 19 heavy (non-hydrogen) atoms. The summed E-state index contributed by atoms with van der Waals surface area (Å²) in [7, 11) is 1.91. The van der Waals surface area contributed by atoms with Gasteiger partial charge in [0.05, 0.1) is 10.7 Å². The highest BCUT2D eigenvalue weighted by Crippen LogP contribution is 2.16. The average Bonchev–Trinajstić information content (AvgIpc) is 2.97. The van der Waals surface area contributed by atoms with Crippen molar-refractivity contribution in [3.63, 3.8) is 0 Å². The fourth-order valence-corrected chi connectivity index (χ4v) is 2.29. The summed E-state index contributed by atoms with van der Waals surface area (Å²) in [6.07, 6.45) is 6.65. The maximum atomic E-state index is 4.42. The lowest BCUT2D eigenvalue weighted by Gasteiger charge is -1.98. The normalized spacial score (nSPS) is 11.1. The number of nitrogens with one attached hydrogen (secondary N) is 1. The van der Waals surface area contributed by atoms with Gasteiger partial charge in [0.15, 0.2) is 5.65 Å². The Kier molecular flexibility index (Phi) is 3.20. The molecule has 0 atom stereocenters. The quantitative estimate of drug-likeness (QED) is 0.797. The molecule has 0 saturated carbocycles. The zero-order valence-electron chi connectivity index (χ0n) is 10.4. The molecular weight excluding hydrogens is 308 g/mol. The van der Waals surface area contributed by atoms with Gasteiger partial charge in [0.1, 0.15) is 0 Å². The van der Waals surface area contributed by atoms with E-state index in [2.05, 4.69) is 36.4 Å². The van der Waals surface area contributed by atoms with E-state index in [4.69, 9.17) is 0 Å². The maximum absolute atomic E-state index is 4.42. The molecule has 0 aromatic carbocycles. The molecule has 0 aliphatic heterocycles. The number of hydrogen-bond donors (Lipinski definition) is 1. The molecule has 0 aliphatic rings. The van der Waals surface area contributed by atoms with Crippen molar-refractivity contribution >= 4 is 27.5 Å². The van der Waals surface area contributed by atoms with Gasteiger partial charge in [-0.1, -0.05) is 0 Å². The van der Waals surface area contributed by atoms with Crippen molar-refractivity contribution in [3.8, 4) is 0 Å². The first-order valence-electron chi connectivity index (χ1n) is 5.95. The minimum Gasteiger partial charge on any atom is -0.353 e. The van der Waals surface area contributed by atoms with Crippen LogP contribution in [-0.4, -0.2) is 30.9 Å². The van der Waals surface area contributed by atoms with Gasteiger partial charge in [0, 0.05) is 26.0 Å². The summed E-state index contributed by atoms with van der Waals surface area (Å²) in [6.45, 7) is 0.778. The van der Waals surface area contributed by atoms with Gasteiger partial charge in [-0.3, -0.25) is 4.68 Å². The molecule has 3 aromatic rings. The smallest absolute Gasteiger partial charge is 0.243 e. The first-order chi connectivity index (χ1) is 9.22. The Morgan fingerprint density at radius 1 is 1.42 bits per heavy atom. The largest absolute Gasteiger partial charge is 0.353 e. The molecule has 0 unspecified atom stereocenters. The fourth-order valence-electron chi connectivity index (χ4n) is 1.87. The van der Waals surface area contributed by atoms with Crippen molar-refractivity contribution in [2.24, 2.45) is 7.05 Å². The third-order valence-corrected chi connectivity index (χ3v) is 3.39. The zero-order chi connectivity index (χ0) is 13.2. The van der Waals surface area contributed by atoms with Crippen molar-refractivity contribution < 1.29 is 0 Å². The van der Waals surface area contributed by atoms with Crippen molar-refractivity contribution in [1.29, 1.82) is 0 Å². The Labute approximate surface area is 118 Å². The minimum absolute atomic E-state index is 0.635. The van der Waals surface area contributed by atoms with E-state index in [1.54, 1.807) is 9.20 Å². The van der Waals surface area contributed by atoms with Crippen LogP contribution in [0.1, 0.15) is 5.56 Å². The molecule has 6 nitrogen and oxygen atoms in total. The van der Waals surface area contributed by atoms with Crippen LogP contribution in [0, 0.1) is 0 Å². The second kappa shape index (κ2) is 5.00. The van der Waals surface area contributed by atoms with E-state index < -0.39 is 0 Å². The van der Waals surface area contributed by atoms with Crippen LogP contribution in [0.3, 0.4) is 0 Å². The molecule has 3 heterocycles. The summed E-state index contributed by atoms with van der Waals surface area (Å²) in [5, 5.41) is 11.7. The lowest BCUT2D eigenvalue weighted by molar-refractivity contribution is 0.766. The summed E-state index contributed by atoms with van der Waals surface area (Å²) in [5.41, 5.74) is 2.01. The first-order valence-corrected chi connectivity index (χ1v) is 6.74. The van der Waals surface area contributed by atoms with Crippen molar-refractivity contribution in [3.05, 3.63) is 40.8 Å². The lowest BCUT2D eigenvalue weighted by Crippen LogP contribution is -2.05. The molecule has 7 heteroatoms. The van der Waals surface area contributed by atoms with Gasteiger partial charge < -0.3 is 5.32 Å². The van der Waals surface area contributed by atoms with E-state index in [-0.39, 0.29) is 0 Å². The standard InChI is InChI=1S/C12H13BrN6/c1-18-8-9(7-15-18)4-5-14-12-16-11-10(13)3-2-6-19(11)17-12/h2-3,6-8H,4-5H2,1H3,(H,14,17). The van der Waals surface area contributed by atoms with Crippen LogP contribution in [0.2, 0.25) is 0 Å². The number of halogens is 1. The number of anilines is 1. The van der Waals surface area contributed by atoms with Gasteiger partial charge >= 0.3 is 0 Å². The van der Waals surface area contributed by atoms with E-state index in [1.807, 2.05) is 37.8 Å².